The lowest BCUT2D eigenvalue weighted by Crippen LogP contribution is -2.52. The molecular formula is C10H20N2O. The van der Waals surface area contributed by atoms with Gasteiger partial charge in [0.05, 0.1) is 0 Å². The van der Waals surface area contributed by atoms with Gasteiger partial charge in [0, 0.05) is 31.6 Å². The molecule has 1 N–H and O–H groups in total. The summed E-state index contributed by atoms with van der Waals surface area (Å²) in [6, 6.07) is 0.446. The SMILES string of the molecule is CC[C@H](C)C(=O)N1CCN[C@@H](C)C1. The molecule has 0 radical (unpaired) electrons. The van der Waals surface area contributed by atoms with E-state index in [-0.39, 0.29) is 5.92 Å². The molecule has 0 unspecified atom stereocenters. The minimum atomic E-state index is 0.185. The van der Waals surface area contributed by atoms with Crippen LogP contribution in [0.3, 0.4) is 0 Å². The summed E-state index contributed by atoms with van der Waals surface area (Å²) in [5.74, 6) is 0.501. The van der Waals surface area contributed by atoms with Crippen molar-refractivity contribution in [2.45, 2.75) is 33.2 Å². The number of rotatable bonds is 2. The van der Waals surface area contributed by atoms with Gasteiger partial charge in [-0.15, -0.1) is 0 Å². The van der Waals surface area contributed by atoms with Crippen molar-refractivity contribution in [3.63, 3.8) is 0 Å². The summed E-state index contributed by atoms with van der Waals surface area (Å²) < 4.78 is 0. The van der Waals surface area contributed by atoms with Crippen LogP contribution in [0.2, 0.25) is 0 Å². The van der Waals surface area contributed by atoms with E-state index in [2.05, 4.69) is 19.2 Å². The van der Waals surface area contributed by atoms with Crippen molar-refractivity contribution in [2.24, 2.45) is 5.92 Å². The zero-order chi connectivity index (χ0) is 9.84. The first-order valence-corrected chi connectivity index (χ1v) is 5.17. The second kappa shape index (κ2) is 4.61. The van der Waals surface area contributed by atoms with Gasteiger partial charge in [-0.05, 0) is 13.3 Å². The average molecular weight is 184 g/mol. The van der Waals surface area contributed by atoms with E-state index in [0.717, 1.165) is 26.1 Å². The van der Waals surface area contributed by atoms with Gasteiger partial charge < -0.3 is 10.2 Å². The predicted octanol–water partition coefficient (Wildman–Crippen LogP) is 0.853. The Bertz CT molecular complexity index is 182. The van der Waals surface area contributed by atoms with Crippen molar-refractivity contribution in [1.29, 1.82) is 0 Å². The summed E-state index contributed by atoms with van der Waals surface area (Å²) in [6.45, 7) is 8.86. The summed E-state index contributed by atoms with van der Waals surface area (Å²) in [7, 11) is 0. The molecular weight excluding hydrogens is 164 g/mol. The molecule has 0 aromatic carbocycles. The number of nitrogens with one attached hydrogen (secondary N) is 1. The minimum absolute atomic E-state index is 0.185. The number of hydrogen-bond acceptors (Lipinski definition) is 2. The van der Waals surface area contributed by atoms with Crippen LogP contribution in [0.5, 0.6) is 0 Å². The van der Waals surface area contributed by atoms with Crippen LogP contribution in [0.15, 0.2) is 0 Å². The van der Waals surface area contributed by atoms with Gasteiger partial charge in [0.15, 0.2) is 0 Å². The van der Waals surface area contributed by atoms with E-state index in [4.69, 9.17) is 0 Å². The van der Waals surface area contributed by atoms with Crippen molar-refractivity contribution >= 4 is 5.91 Å². The van der Waals surface area contributed by atoms with Gasteiger partial charge in [-0.25, -0.2) is 0 Å². The Labute approximate surface area is 80.5 Å². The molecule has 1 fully saturated rings. The summed E-state index contributed by atoms with van der Waals surface area (Å²) in [4.78, 5) is 13.8. The van der Waals surface area contributed by atoms with Gasteiger partial charge in [-0.1, -0.05) is 13.8 Å². The zero-order valence-corrected chi connectivity index (χ0v) is 8.84. The quantitative estimate of drug-likeness (QED) is 0.690. The Hall–Kier alpha value is -0.570. The number of carbonyl (C=O) groups excluding carboxylic acids is 1. The smallest absolute Gasteiger partial charge is 0.225 e. The maximum Gasteiger partial charge on any atom is 0.225 e. The molecule has 3 heteroatoms. The standard InChI is InChI=1S/C10H20N2O/c1-4-8(2)10(13)12-6-5-11-9(3)7-12/h8-9,11H,4-7H2,1-3H3/t8-,9-/m0/s1. The molecule has 0 aliphatic carbocycles. The Morgan fingerprint density at radius 1 is 1.69 bits per heavy atom. The molecule has 1 aliphatic rings. The fourth-order valence-corrected chi connectivity index (χ4v) is 1.62. The first kappa shape index (κ1) is 10.5. The molecule has 0 bridgehead atoms. The normalized spacial score (nSPS) is 25.8. The molecule has 13 heavy (non-hydrogen) atoms. The first-order chi connectivity index (χ1) is 6.15. The van der Waals surface area contributed by atoms with Gasteiger partial charge in [0.2, 0.25) is 5.91 Å². The fraction of sp³-hybridized carbons (Fsp3) is 0.900. The van der Waals surface area contributed by atoms with E-state index < -0.39 is 0 Å². The molecule has 0 aromatic heterocycles. The van der Waals surface area contributed by atoms with Gasteiger partial charge in [0.25, 0.3) is 0 Å². The van der Waals surface area contributed by atoms with E-state index in [1.165, 1.54) is 0 Å². The third-order valence-electron chi connectivity index (χ3n) is 2.71. The Kier molecular flexibility index (Phi) is 3.72. The topological polar surface area (TPSA) is 32.3 Å². The minimum Gasteiger partial charge on any atom is -0.340 e. The lowest BCUT2D eigenvalue weighted by atomic mass is 10.1. The Morgan fingerprint density at radius 3 is 2.92 bits per heavy atom. The number of carbonyl (C=O) groups is 1. The highest BCUT2D eigenvalue weighted by Crippen LogP contribution is 2.08. The lowest BCUT2D eigenvalue weighted by Gasteiger charge is -2.33. The Balaban J connectivity index is 2.46. The van der Waals surface area contributed by atoms with E-state index >= 15 is 0 Å². The molecule has 3 nitrogen and oxygen atoms in total. The third kappa shape index (κ3) is 2.69. The van der Waals surface area contributed by atoms with Gasteiger partial charge in [-0.3, -0.25) is 4.79 Å². The van der Waals surface area contributed by atoms with E-state index in [9.17, 15) is 4.79 Å². The Morgan fingerprint density at radius 2 is 2.38 bits per heavy atom. The van der Waals surface area contributed by atoms with Crippen molar-refractivity contribution in [3.05, 3.63) is 0 Å². The highest BCUT2D eigenvalue weighted by Gasteiger charge is 2.23. The largest absolute Gasteiger partial charge is 0.340 e. The van der Waals surface area contributed by atoms with Crippen LogP contribution in [0.25, 0.3) is 0 Å². The van der Waals surface area contributed by atoms with Crippen LogP contribution in [0.4, 0.5) is 0 Å². The zero-order valence-electron chi connectivity index (χ0n) is 8.84. The van der Waals surface area contributed by atoms with Crippen molar-refractivity contribution in [2.75, 3.05) is 19.6 Å². The maximum absolute atomic E-state index is 11.8. The average Bonchev–Trinajstić information content (AvgIpc) is 2.15. The van der Waals surface area contributed by atoms with Crippen molar-refractivity contribution < 1.29 is 4.79 Å². The highest BCUT2D eigenvalue weighted by atomic mass is 16.2. The molecule has 0 spiro atoms. The second-order valence-corrected chi connectivity index (χ2v) is 3.95. The molecule has 1 saturated heterocycles. The summed E-state index contributed by atoms with van der Waals surface area (Å²) in [5, 5.41) is 3.33. The number of nitrogens with zero attached hydrogens (tertiary/aromatic N) is 1. The highest BCUT2D eigenvalue weighted by molar-refractivity contribution is 5.78. The predicted molar refractivity (Wildman–Crippen MR) is 53.5 cm³/mol. The molecule has 0 saturated carbocycles. The molecule has 76 valence electrons. The maximum atomic E-state index is 11.8. The summed E-state index contributed by atoms with van der Waals surface area (Å²) in [5.41, 5.74) is 0. The van der Waals surface area contributed by atoms with E-state index in [1.54, 1.807) is 0 Å². The molecule has 2 atom stereocenters. The fourth-order valence-electron chi connectivity index (χ4n) is 1.62. The van der Waals surface area contributed by atoms with Gasteiger partial charge in [0.1, 0.15) is 0 Å². The van der Waals surface area contributed by atoms with Gasteiger partial charge in [-0.2, -0.15) is 0 Å². The van der Waals surface area contributed by atoms with Gasteiger partial charge >= 0.3 is 0 Å². The van der Waals surface area contributed by atoms with Crippen molar-refractivity contribution in [1.82, 2.24) is 10.2 Å². The molecule has 1 rings (SSSR count). The lowest BCUT2D eigenvalue weighted by molar-refractivity contribution is -0.136. The molecule has 1 amide bonds. The van der Waals surface area contributed by atoms with Crippen LogP contribution in [-0.2, 0) is 4.79 Å². The monoisotopic (exact) mass is 184 g/mol. The van der Waals surface area contributed by atoms with Crippen LogP contribution in [0, 0.1) is 5.92 Å². The number of amides is 1. The number of hydrogen-bond donors (Lipinski definition) is 1. The van der Waals surface area contributed by atoms with Crippen molar-refractivity contribution in [3.8, 4) is 0 Å². The van der Waals surface area contributed by atoms with Crippen LogP contribution in [0.1, 0.15) is 27.2 Å². The number of piperazine rings is 1. The van der Waals surface area contributed by atoms with Crippen LogP contribution in [-0.4, -0.2) is 36.5 Å². The molecule has 1 aliphatic heterocycles. The first-order valence-electron chi connectivity index (χ1n) is 5.17. The third-order valence-corrected chi connectivity index (χ3v) is 2.71. The van der Waals surface area contributed by atoms with Crippen LogP contribution < -0.4 is 5.32 Å². The van der Waals surface area contributed by atoms with E-state index in [0.29, 0.717) is 11.9 Å². The molecule has 0 aromatic rings. The second-order valence-electron chi connectivity index (χ2n) is 3.95. The van der Waals surface area contributed by atoms with E-state index in [1.807, 2.05) is 11.8 Å². The van der Waals surface area contributed by atoms with Crippen LogP contribution >= 0.6 is 0 Å². The summed E-state index contributed by atoms with van der Waals surface area (Å²) in [6.07, 6.45) is 0.942. The molecule has 1 heterocycles. The summed E-state index contributed by atoms with van der Waals surface area (Å²) >= 11 is 0.